The second-order valence-electron chi connectivity index (χ2n) is 7.14. The van der Waals surface area contributed by atoms with Gasteiger partial charge in [-0.1, -0.05) is 40.2 Å². The van der Waals surface area contributed by atoms with Gasteiger partial charge in [0.05, 0.1) is 11.4 Å². The summed E-state index contributed by atoms with van der Waals surface area (Å²) in [4.78, 5) is 23.6. The van der Waals surface area contributed by atoms with Crippen molar-refractivity contribution >= 4 is 52.2 Å². The number of nitrogens with one attached hydrogen (secondary N) is 1. The summed E-state index contributed by atoms with van der Waals surface area (Å²) in [5.74, 6) is -0.0275. The fraction of sp³-hybridized carbons (Fsp3) is 0.136. The van der Waals surface area contributed by atoms with E-state index in [1.165, 1.54) is 11.8 Å². The molecule has 33 heavy (non-hydrogen) atoms. The standard InChI is InChI=1S/C22H19Cl2N7OS/c1-30(2)17-6-4-16(5-7-17)27-21(32)20-19(13-33-22-25-8-3-9-26-22)31(29-28-20)18-11-14(23)10-15(24)12-18/h3-12H,13H2,1-2H3,(H,27,32). The summed E-state index contributed by atoms with van der Waals surface area (Å²) in [5.41, 5.74) is 3.02. The van der Waals surface area contributed by atoms with Gasteiger partial charge >= 0.3 is 0 Å². The van der Waals surface area contributed by atoms with Gasteiger partial charge in [-0.3, -0.25) is 4.79 Å². The molecule has 8 nitrogen and oxygen atoms in total. The second-order valence-corrected chi connectivity index (χ2v) is 8.96. The average Bonchev–Trinajstić information content (AvgIpc) is 3.22. The molecule has 0 spiro atoms. The van der Waals surface area contributed by atoms with Crippen molar-refractivity contribution in [3.63, 3.8) is 0 Å². The lowest BCUT2D eigenvalue weighted by Gasteiger charge is -2.13. The van der Waals surface area contributed by atoms with Crippen molar-refractivity contribution in [3.8, 4) is 5.69 Å². The predicted molar refractivity (Wildman–Crippen MR) is 132 cm³/mol. The van der Waals surface area contributed by atoms with Crippen LogP contribution in [-0.2, 0) is 5.75 Å². The van der Waals surface area contributed by atoms with E-state index in [2.05, 4.69) is 25.6 Å². The van der Waals surface area contributed by atoms with Gasteiger partial charge in [0.25, 0.3) is 5.91 Å². The number of hydrogen-bond donors (Lipinski definition) is 1. The maximum absolute atomic E-state index is 13.1. The molecule has 4 aromatic rings. The summed E-state index contributed by atoms with van der Waals surface area (Å²) < 4.78 is 1.55. The number of thioether (sulfide) groups is 1. The molecule has 0 fully saturated rings. The van der Waals surface area contributed by atoms with Crippen molar-refractivity contribution in [2.75, 3.05) is 24.3 Å². The first kappa shape index (κ1) is 23.0. The van der Waals surface area contributed by atoms with Crippen LogP contribution in [0.2, 0.25) is 10.0 Å². The number of carbonyl (C=O) groups is 1. The van der Waals surface area contributed by atoms with Crippen LogP contribution in [0.5, 0.6) is 0 Å². The van der Waals surface area contributed by atoms with Gasteiger partial charge in [0.15, 0.2) is 10.9 Å². The minimum atomic E-state index is -0.378. The Morgan fingerprint density at radius 2 is 1.73 bits per heavy atom. The Morgan fingerprint density at radius 3 is 2.36 bits per heavy atom. The average molecular weight is 500 g/mol. The van der Waals surface area contributed by atoms with Crippen molar-refractivity contribution < 1.29 is 4.79 Å². The minimum Gasteiger partial charge on any atom is -0.378 e. The third-order valence-corrected chi connectivity index (χ3v) is 5.92. The maximum Gasteiger partial charge on any atom is 0.278 e. The molecule has 2 aromatic heterocycles. The summed E-state index contributed by atoms with van der Waals surface area (Å²) in [6, 6.07) is 14.3. The van der Waals surface area contributed by atoms with Crippen LogP contribution in [0.15, 0.2) is 66.1 Å². The summed E-state index contributed by atoms with van der Waals surface area (Å²) in [6.07, 6.45) is 3.32. The zero-order valence-corrected chi connectivity index (χ0v) is 20.1. The fourth-order valence-corrected chi connectivity index (χ4v) is 4.31. The van der Waals surface area contributed by atoms with Crippen molar-refractivity contribution in [1.29, 1.82) is 0 Å². The maximum atomic E-state index is 13.1. The molecule has 4 rings (SSSR count). The van der Waals surface area contributed by atoms with Gasteiger partial charge in [-0.05, 0) is 48.5 Å². The summed E-state index contributed by atoms with van der Waals surface area (Å²) >= 11 is 13.7. The van der Waals surface area contributed by atoms with E-state index in [1.807, 2.05) is 43.3 Å². The Morgan fingerprint density at radius 1 is 1.06 bits per heavy atom. The Balaban J connectivity index is 1.66. The van der Waals surface area contributed by atoms with Crippen molar-refractivity contribution in [3.05, 3.63) is 82.4 Å². The number of aromatic nitrogens is 5. The smallest absolute Gasteiger partial charge is 0.278 e. The van der Waals surface area contributed by atoms with Gasteiger partial charge in [0.2, 0.25) is 0 Å². The van der Waals surface area contributed by atoms with Gasteiger partial charge in [0, 0.05) is 53.7 Å². The first-order chi connectivity index (χ1) is 15.9. The highest BCUT2D eigenvalue weighted by molar-refractivity contribution is 7.98. The third kappa shape index (κ3) is 5.62. The SMILES string of the molecule is CN(C)c1ccc(NC(=O)c2nnn(-c3cc(Cl)cc(Cl)c3)c2CSc2ncccn2)cc1. The third-order valence-electron chi connectivity index (χ3n) is 4.59. The molecule has 0 aliphatic heterocycles. The summed E-state index contributed by atoms with van der Waals surface area (Å²) in [5, 5.41) is 12.7. The highest BCUT2D eigenvalue weighted by Gasteiger charge is 2.22. The highest BCUT2D eigenvalue weighted by atomic mass is 35.5. The molecule has 11 heteroatoms. The second kappa shape index (κ2) is 10.2. The van der Waals surface area contributed by atoms with Gasteiger partial charge < -0.3 is 10.2 Å². The molecule has 0 aliphatic carbocycles. The molecule has 0 aliphatic rings. The molecule has 0 saturated heterocycles. The minimum absolute atomic E-state index is 0.186. The number of hydrogen-bond acceptors (Lipinski definition) is 7. The molecule has 0 radical (unpaired) electrons. The van der Waals surface area contributed by atoms with Gasteiger partial charge in [-0.25, -0.2) is 14.6 Å². The lowest BCUT2D eigenvalue weighted by atomic mass is 10.2. The number of amides is 1. The molecular formula is C22H19Cl2N7OS. The van der Waals surface area contributed by atoms with Crippen LogP contribution in [0.25, 0.3) is 5.69 Å². The lowest BCUT2D eigenvalue weighted by Crippen LogP contribution is -2.15. The molecule has 0 atom stereocenters. The molecule has 2 aromatic carbocycles. The number of halogens is 2. The molecule has 0 bridgehead atoms. The highest BCUT2D eigenvalue weighted by Crippen LogP contribution is 2.27. The van der Waals surface area contributed by atoms with Gasteiger partial charge in [-0.15, -0.1) is 5.10 Å². The Labute approximate surface area is 204 Å². The normalized spacial score (nSPS) is 10.8. The van der Waals surface area contributed by atoms with Crippen molar-refractivity contribution in [2.24, 2.45) is 0 Å². The molecule has 1 amide bonds. The summed E-state index contributed by atoms with van der Waals surface area (Å²) in [7, 11) is 3.91. The predicted octanol–water partition coefficient (Wildman–Crippen LogP) is 4.97. The Hall–Kier alpha value is -3.14. The fourth-order valence-electron chi connectivity index (χ4n) is 3.00. The lowest BCUT2D eigenvalue weighted by molar-refractivity contribution is 0.102. The number of nitrogens with zero attached hydrogens (tertiary/aromatic N) is 6. The zero-order chi connectivity index (χ0) is 23.4. The summed E-state index contributed by atoms with van der Waals surface area (Å²) in [6.45, 7) is 0. The van der Waals surface area contributed by atoms with Crippen LogP contribution >= 0.6 is 35.0 Å². The van der Waals surface area contributed by atoms with Crippen LogP contribution in [-0.4, -0.2) is 45.0 Å². The number of rotatable bonds is 7. The van der Waals surface area contributed by atoms with E-state index in [4.69, 9.17) is 23.2 Å². The van der Waals surface area contributed by atoms with Crippen LogP contribution < -0.4 is 10.2 Å². The number of benzene rings is 2. The van der Waals surface area contributed by atoms with E-state index in [1.54, 1.807) is 41.3 Å². The number of carbonyl (C=O) groups excluding carboxylic acids is 1. The molecule has 2 heterocycles. The monoisotopic (exact) mass is 499 g/mol. The Bertz CT molecular complexity index is 1240. The van der Waals surface area contributed by atoms with E-state index in [0.717, 1.165) is 5.69 Å². The quantitative estimate of drug-likeness (QED) is 0.283. The van der Waals surface area contributed by atoms with E-state index < -0.39 is 0 Å². The zero-order valence-electron chi connectivity index (χ0n) is 17.7. The largest absolute Gasteiger partial charge is 0.378 e. The first-order valence-corrected chi connectivity index (χ1v) is 11.5. The first-order valence-electron chi connectivity index (χ1n) is 9.80. The van der Waals surface area contributed by atoms with E-state index in [-0.39, 0.29) is 11.6 Å². The van der Waals surface area contributed by atoms with Crippen molar-refractivity contribution in [2.45, 2.75) is 10.9 Å². The van der Waals surface area contributed by atoms with Crippen molar-refractivity contribution in [1.82, 2.24) is 25.0 Å². The molecule has 168 valence electrons. The molecule has 1 N–H and O–H groups in total. The van der Waals surface area contributed by atoms with E-state index in [0.29, 0.717) is 38.0 Å². The molecule has 0 saturated carbocycles. The van der Waals surface area contributed by atoms with E-state index in [9.17, 15) is 4.79 Å². The Kier molecular flexibility index (Phi) is 7.12. The molecular weight excluding hydrogens is 481 g/mol. The van der Waals surface area contributed by atoms with Crippen LogP contribution in [0.3, 0.4) is 0 Å². The van der Waals surface area contributed by atoms with Gasteiger partial charge in [0.1, 0.15) is 0 Å². The van der Waals surface area contributed by atoms with Crippen LogP contribution in [0.1, 0.15) is 16.2 Å². The van der Waals surface area contributed by atoms with Crippen LogP contribution in [0, 0.1) is 0 Å². The number of anilines is 2. The topological polar surface area (TPSA) is 88.8 Å². The van der Waals surface area contributed by atoms with Gasteiger partial charge in [-0.2, -0.15) is 0 Å². The van der Waals surface area contributed by atoms with Crippen LogP contribution in [0.4, 0.5) is 11.4 Å². The molecule has 0 unspecified atom stereocenters. The van der Waals surface area contributed by atoms with E-state index >= 15 is 0 Å².